The summed E-state index contributed by atoms with van der Waals surface area (Å²) in [6.07, 6.45) is 0.811. The lowest BCUT2D eigenvalue weighted by molar-refractivity contribution is 0.0903. The van der Waals surface area contributed by atoms with Crippen LogP contribution in [0.4, 0.5) is 5.69 Å². The summed E-state index contributed by atoms with van der Waals surface area (Å²) in [4.78, 5) is 23.9. The third-order valence-electron chi connectivity index (χ3n) is 4.20. The Morgan fingerprint density at radius 3 is 2.32 bits per heavy atom. The molecule has 3 aromatic carbocycles. The fourth-order valence-electron chi connectivity index (χ4n) is 2.70. The number of hydrogen-bond acceptors (Lipinski definition) is 4. The van der Waals surface area contributed by atoms with Crippen LogP contribution in [0.5, 0.6) is 5.75 Å². The second-order valence-corrected chi connectivity index (χ2v) is 6.22. The van der Waals surface area contributed by atoms with Crippen LogP contribution in [-0.4, -0.2) is 30.0 Å². The molecule has 28 heavy (non-hydrogen) atoms. The fourth-order valence-corrected chi connectivity index (χ4v) is 2.70. The number of aliphatic hydroxyl groups is 1. The van der Waals surface area contributed by atoms with E-state index in [4.69, 9.17) is 9.84 Å². The van der Waals surface area contributed by atoms with Crippen LogP contribution >= 0.6 is 0 Å². The van der Waals surface area contributed by atoms with Crippen LogP contribution in [-0.2, 0) is 6.42 Å². The highest BCUT2D eigenvalue weighted by atomic mass is 16.5. The number of ether oxygens (including phenoxy) is 1. The molecule has 5 nitrogen and oxygen atoms in total. The zero-order valence-corrected chi connectivity index (χ0v) is 15.3. The number of nitrogens with one attached hydrogen (secondary N) is 1. The lowest BCUT2D eigenvalue weighted by Gasteiger charge is -2.09. The molecule has 1 amide bonds. The number of ketones is 1. The normalized spacial score (nSPS) is 10.3. The maximum Gasteiger partial charge on any atom is 0.255 e. The minimum absolute atomic E-state index is 0.288. The molecule has 0 aliphatic rings. The molecule has 0 bridgehead atoms. The van der Waals surface area contributed by atoms with Gasteiger partial charge in [0.1, 0.15) is 12.4 Å². The van der Waals surface area contributed by atoms with E-state index in [0.29, 0.717) is 29.2 Å². The van der Waals surface area contributed by atoms with E-state index in [9.17, 15) is 9.59 Å². The molecule has 0 aromatic heterocycles. The van der Waals surface area contributed by atoms with Crippen LogP contribution in [0.1, 0.15) is 26.3 Å². The largest absolute Gasteiger partial charge is 0.493 e. The molecule has 5 heteroatoms. The number of amides is 1. The monoisotopic (exact) mass is 375 g/mol. The Labute approximate surface area is 163 Å². The van der Waals surface area contributed by atoms with Crippen molar-refractivity contribution in [1.29, 1.82) is 0 Å². The van der Waals surface area contributed by atoms with Gasteiger partial charge in [-0.2, -0.15) is 0 Å². The molecule has 2 N–H and O–H groups in total. The van der Waals surface area contributed by atoms with Crippen molar-refractivity contribution >= 4 is 17.4 Å². The van der Waals surface area contributed by atoms with Gasteiger partial charge in [0, 0.05) is 23.2 Å². The highest BCUT2D eigenvalue weighted by Gasteiger charge is 2.09. The van der Waals surface area contributed by atoms with Gasteiger partial charge < -0.3 is 15.2 Å². The fraction of sp³-hybridized carbons (Fsp3) is 0.130. The summed E-state index contributed by atoms with van der Waals surface area (Å²) >= 11 is 0. The van der Waals surface area contributed by atoms with Gasteiger partial charge in [0.25, 0.3) is 5.91 Å². The van der Waals surface area contributed by atoms with Gasteiger partial charge in [-0.05, 0) is 42.0 Å². The lowest BCUT2D eigenvalue weighted by atomic mass is 10.1. The summed E-state index contributed by atoms with van der Waals surface area (Å²) in [7, 11) is 0. The van der Waals surface area contributed by atoms with Gasteiger partial charge in [0.15, 0.2) is 5.78 Å². The first-order valence-electron chi connectivity index (χ1n) is 8.98. The average Bonchev–Trinajstić information content (AvgIpc) is 2.74. The van der Waals surface area contributed by atoms with Crippen molar-refractivity contribution in [3.63, 3.8) is 0 Å². The third kappa shape index (κ3) is 5.28. The second-order valence-electron chi connectivity index (χ2n) is 6.22. The number of rotatable bonds is 8. The van der Waals surface area contributed by atoms with Crippen molar-refractivity contribution in [2.75, 3.05) is 18.5 Å². The summed E-state index contributed by atoms with van der Waals surface area (Å²) in [6.45, 7) is -0.00955. The van der Waals surface area contributed by atoms with Gasteiger partial charge in [0.05, 0.1) is 6.61 Å². The van der Waals surface area contributed by atoms with Gasteiger partial charge in [0.2, 0.25) is 0 Å². The van der Waals surface area contributed by atoms with E-state index in [1.807, 2.05) is 18.2 Å². The minimum atomic E-state index is -0.566. The molecule has 0 spiro atoms. The summed E-state index contributed by atoms with van der Waals surface area (Å²) in [5, 5.41) is 11.7. The first kappa shape index (κ1) is 19.3. The molecule has 0 saturated heterocycles. The lowest BCUT2D eigenvalue weighted by Crippen LogP contribution is -2.13. The van der Waals surface area contributed by atoms with Crippen LogP contribution in [0.15, 0.2) is 78.9 Å². The quantitative estimate of drug-likeness (QED) is 0.588. The number of carbonyl (C=O) groups is 2. The van der Waals surface area contributed by atoms with Crippen molar-refractivity contribution in [2.24, 2.45) is 0 Å². The number of benzene rings is 3. The Balaban J connectivity index is 1.55. The molecule has 0 radical (unpaired) electrons. The predicted octanol–water partition coefficient (Wildman–Crippen LogP) is 3.74. The average molecular weight is 375 g/mol. The highest BCUT2D eigenvalue weighted by molar-refractivity contribution is 6.05. The van der Waals surface area contributed by atoms with E-state index < -0.39 is 12.4 Å². The molecule has 0 unspecified atom stereocenters. The Morgan fingerprint density at radius 2 is 1.61 bits per heavy atom. The summed E-state index contributed by atoms with van der Waals surface area (Å²) in [5.74, 6) is 0.0144. The summed E-state index contributed by atoms with van der Waals surface area (Å²) in [6, 6.07) is 23.5. The number of anilines is 1. The Hall–Kier alpha value is -3.44. The van der Waals surface area contributed by atoms with E-state index in [0.717, 1.165) is 6.42 Å². The molecule has 0 atom stereocenters. The van der Waals surface area contributed by atoms with E-state index >= 15 is 0 Å². The first-order valence-corrected chi connectivity index (χ1v) is 8.98. The molecule has 0 aliphatic heterocycles. The number of aliphatic hydroxyl groups excluding tert-OH is 1. The topological polar surface area (TPSA) is 75.6 Å². The van der Waals surface area contributed by atoms with E-state index in [1.165, 1.54) is 11.6 Å². The maximum absolute atomic E-state index is 12.4. The number of Topliss-reactive ketones (excluding diaryl/α,β-unsaturated/α-hetero) is 1. The molecule has 3 aromatic rings. The zero-order chi connectivity index (χ0) is 19.8. The van der Waals surface area contributed by atoms with E-state index in [1.54, 1.807) is 42.5 Å². The highest BCUT2D eigenvalue weighted by Crippen LogP contribution is 2.16. The van der Waals surface area contributed by atoms with Crippen molar-refractivity contribution in [1.82, 2.24) is 0 Å². The summed E-state index contributed by atoms with van der Waals surface area (Å²) in [5.41, 5.74) is 2.53. The van der Waals surface area contributed by atoms with Gasteiger partial charge in [-0.25, -0.2) is 0 Å². The smallest absolute Gasteiger partial charge is 0.255 e. The van der Waals surface area contributed by atoms with Crippen LogP contribution in [0.3, 0.4) is 0 Å². The SMILES string of the molecule is O=C(CO)c1cccc(NC(=O)c2ccc(OCCc3ccccc3)cc2)c1. The molecule has 0 saturated carbocycles. The molecule has 142 valence electrons. The zero-order valence-electron chi connectivity index (χ0n) is 15.3. The Kier molecular flexibility index (Phi) is 6.54. The molecular formula is C23H21NO4. The van der Waals surface area contributed by atoms with Crippen molar-refractivity contribution in [3.8, 4) is 5.75 Å². The van der Waals surface area contributed by atoms with Gasteiger partial charge in [-0.15, -0.1) is 0 Å². The molecule has 3 rings (SSSR count). The maximum atomic E-state index is 12.4. The Morgan fingerprint density at radius 1 is 0.857 bits per heavy atom. The van der Waals surface area contributed by atoms with Crippen molar-refractivity contribution in [2.45, 2.75) is 6.42 Å². The van der Waals surface area contributed by atoms with Crippen LogP contribution in [0.2, 0.25) is 0 Å². The van der Waals surface area contributed by atoms with Crippen molar-refractivity contribution in [3.05, 3.63) is 95.6 Å². The standard InChI is InChI=1S/C23H21NO4/c25-16-22(26)19-7-4-8-20(15-19)24-23(27)18-9-11-21(12-10-18)28-14-13-17-5-2-1-3-6-17/h1-12,15,25H,13-14,16H2,(H,24,27). The first-order chi connectivity index (χ1) is 13.7. The van der Waals surface area contributed by atoms with Crippen LogP contribution < -0.4 is 10.1 Å². The predicted molar refractivity (Wildman–Crippen MR) is 108 cm³/mol. The molecule has 0 aliphatic carbocycles. The second kappa shape index (κ2) is 9.48. The van der Waals surface area contributed by atoms with Gasteiger partial charge >= 0.3 is 0 Å². The van der Waals surface area contributed by atoms with E-state index in [-0.39, 0.29) is 5.91 Å². The van der Waals surface area contributed by atoms with Gasteiger partial charge in [-0.1, -0.05) is 42.5 Å². The van der Waals surface area contributed by atoms with Crippen LogP contribution in [0.25, 0.3) is 0 Å². The summed E-state index contributed by atoms with van der Waals surface area (Å²) < 4.78 is 5.72. The minimum Gasteiger partial charge on any atom is -0.493 e. The Bertz CT molecular complexity index is 936. The number of carbonyl (C=O) groups excluding carboxylic acids is 2. The molecule has 0 heterocycles. The van der Waals surface area contributed by atoms with Crippen molar-refractivity contribution < 1.29 is 19.4 Å². The third-order valence-corrected chi connectivity index (χ3v) is 4.20. The van der Waals surface area contributed by atoms with E-state index in [2.05, 4.69) is 17.4 Å². The van der Waals surface area contributed by atoms with Gasteiger partial charge in [-0.3, -0.25) is 9.59 Å². The number of hydrogen-bond donors (Lipinski definition) is 2. The van der Waals surface area contributed by atoms with Crippen LogP contribution in [0, 0.1) is 0 Å². The molecule has 0 fully saturated rings. The molecular weight excluding hydrogens is 354 g/mol.